The topological polar surface area (TPSA) is 101 Å². The first-order valence-corrected chi connectivity index (χ1v) is 9.63. The molecule has 0 saturated heterocycles. The summed E-state index contributed by atoms with van der Waals surface area (Å²) in [4.78, 5) is 31.1. The molecule has 4 aromatic rings. The van der Waals surface area contributed by atoms with Crippen molar-refractivity contribution in [3.05, 3.63) is 57.3 Å². The molecule has 2 amide bonds. The van der Waals surface area contributed by atoms with Crippen LogP contribution >= 0.6 is 34.3 Å². The number of fused-ring (bicyclic) bond motifs is 1. The van der Waals surface area contributed by atoms with Crippen LogP contribution in [0.4, 0.5) is 9.52 Å². The number of anilines is 1. The van der Waals surface area contributed by atoms with E-state index in [0.717, 1.165) is 11.3 Å². The van der Waals surface area contributed by atoms with Gasteiger partial charge in [-0.3, -0.25) is 14.9 Å². The number of thiophene rings is 1. The number of hydrogen-bond acceptors (Lipinski definition) is 5. The number of carbonyl (C=O) groups is 2. The molecule has 0 spiro atoms. The highest BCUT2D eigenvalue weighted by Crippen LogP contribution is 2.36. The number of nitrogens with one attached hydrogen (secondary N) is 2. The van der Waals surface area contributed by atoms with Gasteiger partial charge in [0.1, 0.15) is 16.4 Å². The second-order valence-electron chi connectivity index (χ2n) is 5.54. The molecular formula is C17H10ClFN4O2S2. The molecular weight excluding hydrogens is 411 g/mol. The van der Waals surface area contributed by atoms with Crippen LogP contribution < -0.4 is 11.1 Å². The minimum absolute atomic E-state index is 0.271. The molecule has 4 rings (SSSR count). The van der Waals surface area contributed by atoms with Gasteiger partial charge < -0.3 is 10.7 Å². The lowest BCUT2D eigenvalue weighted by Crippen LogP contribution is -2.10. The Bertz CT molecular complexity index is 1200. The summed E-state index contributed by atoms with van der Waals surface area (Å²) in [5.41, 5.74) is 6.75. The van der Waals surface area contributed by atoms with Gasteiger partial charge in [-0.05, 0) is 24.3 Å². The third-order valence-corrected chi connectivity index (χ3v) is 6.18. The highest BCUT2D eigenvalue weighted by atomic mass is 35.5. The Kier molecular flexibility index (Phi) is 4.42. The normalized spacial score (nSPS) is 11.0. The standard InChI is InChI=1S/C17H10ClFN4O2S2/c18-13-9-2-1-8(19)4-12(9)27-14(13)16(25)23-17-22-11(6-26-17)7-3-10(15(20)24)21-5-7/h1-6,21H,(H2,20,24)(H,22,23,25). The molecule has 136 valence electrons. The van der Waals surface area contributed by atoms with Crippen molar-refractivity contribution in [3.63, 3.8) is 0 Å². The van der Waals surface area contributed by atoms with Gasteiger partial charge in [0.2, 0.25) is 0 Å². The Labute approximate surface area is 164 Å². The summed E-state index contributed by atoms with van der Waals surface area (Å²) in [6.45, 7) is 0. The highest BCUT2D eigenvalue weighted by Gasteiger charge is 2.19. The lowest BCUT2D eigenvalue weighted by Gasteiger charge is -1.99. The zero-order chi connectivity index (χ0) is 19.1. The van der Waals surface area contributed by atoms with E-state index in [2.05, 4.69) is 15.3 Å². The summed E-state index contributed by atoms with van der Waals surface area (Å²) < 4.78 is 14.0. The maximum absolute atomic E-state index is 13.4. The average molecular weight is 421 g/mol. The molecule has 0 aliphatic carbocycles. The Morgan fingerprint density at radius 3 is 2.85 bits per heavy atom. The van der Waals surface area contributed by atoms with E-state index in [0.29, 0.717) is 26.5 Å². The zero-order valence-electron chi connectivity index (χ0n) is 13.4. The fourth-order valence-corrected chi connectivity index (χ4v) is 4.64. The van der Waals surface area contributed by atoms with Gasteiger partial charge in [0.15, 0.2) is 5.13 Å². The number of halogens is 2. The number of rotatable bonds is 4. The van der Waals surface area contributed by atoms with Gasteiger partial charge in [0.05, 0.1) is 10.7 Å². The Balaban J connectivity index is 1.57. The molecule has 0 saturated carbocycles. The van der Waals surface area contributed by atoms with Crippen molar-refractivity contribution < 1.29 is 14.0 Å². The Morgan fingerprint density at radius 1 is 1.30 bits per heavy atom. The van der Waals surface area contributed by atoms with Gasteiger partial charge in [-0.15, -0.1) is 22.7 Å². The number of thiazole rings is 1. The first-order valence-electron chi connectivity index (χ1n) is 7.55. The maximum atomic E-state index is 13.4. The van der Waals surface area contributed by atoms with E-state index in [9.17, 15) is 14.0 Å². The number of primary amides is 1. The third-order valence-electron chi connectivity index (χ3n) is 3.77. The fraction of sp³-hybridized carbons (Fsp3) is 0. The van der Waals surface area contributed by atoms with Gasteiger partial charge in [-0.2, -0.15) is 0 Å². The number of benzene rings is 1. The third kappa shape index (κ3) is 3.32. The van der Waals surface area contributed by atoms with Gasteiger partial charge in [0.25, 0.3) is 11.8 Å². The van der Waals surface area contributed by atoms with E-state index in [-0.39, 0.29) is 15.6 Å². The molecule has 0 atom stereocenters. The summed E-state index contributed by atoms with van der Waals surface area (Å²) in [5.74, 6) is -1.38. The van der Waals surface area contributed by atoms with Crippen LogP contribution in [0.1, 0.15) is 20.2 Å². The number of amides is 2. The number of nitrogens with zero attached hydrogens (tertiary/aromatic N) is 1. The minimum atomic E-state index is -0.569. The molecule has 6 nitrogen and oxygen atoms in total. The first kappa shape index (κ1) is 17.7. The molecule has 3 aromatic heterocycles. The van der Waals surface area contributed by atoms with E-state index in [1.807, 2.05) is 0 Å². The molecule has 0 radical (unpaired) electrons. The van der Waals surface area contributed by atoms with Crippen LogP contribution in [0, 0.1) is 5.82 Å². The van der Waals surface area contributed by atoms with Gasteiger partial charge in [-0.1, -0.05) is 11.6 Å². The predicted molar refractivity (Wildman–Crippen MR) is 105 cm³/mol. The molecule has 0 fully saturated rings. The minimum Gasteiger partial charge on any atom is -0.364 e. The Hall–Kier alpha value is -2.75. The number of aromatic amines is 1. The van der Waals surface area contributed by atoms with E-state index in [4.69, 9.17) is 17.3 Å². The van der Waals surface area contributed by atoms with Crippen molar-refractivity contribution in [1.29, 1.82) is 0 Å². The van der Waals surface area contributed by atoms with Crippen LogP contribution in [0.5, 0.6) is 0 Å². The molecule has 27 heavy (non-hydrogen) atoms. The number of carbonyl (C=O) groups excluding carboxylic acids is 2. The summed E-state index contributed by atoms with van der Waals surface area (Å²) in [6, 6.07) is 5.77. The van der Waals surface area contributed by atoms with Crippen molar-refractivity contribution in [2.75, 3.05) is 5.32 Å². The molecule has 3 heterocycles. The first-order chi connectivity index (χ1) is 12.9. The van der Waals surface area contributed by atoms with Crippen molar-refractivity contribution in [1.82, 2.24) is 9.97 Å². The largest absolute Gasteiger partial charge is 0.364 e. The average Bonchev–Trinajstić information content (AvgIpc) is 3.33. The van der Waals surface area contributed by atoms with Crippen LogP contribution in [-0.2, 0) is 0 Å². The maximum Gasteiger partial charge on any atom is 0.269 e. The lowest BCUT2D eigenvalue weighted by molar-refractivity contribution is 0.0994. The molecule has 0 unspecified atom stereocenters. The molecule has 0 aliphatic heterocycles. The number of hydrogen-bond donors (Lipinski definition) is 3. The molecule has 0 aliphatic rings. The second-order valence-corrected chi connectivity index (χ2v) is 7.83. The second kappa shape index (κ2) is 6.76. The summed E-state index contributed by atoms with van der Waals surface area (Å²) in [6.07, 6.45) is 1.61. The Morgan fingerprint density at radius 2 is 2.11 bits per heavy atom. The monoisotopic (exact) mass is 420 g/mol. The number of aromatic nitrogens is 2. The van der Waals surface area contributed by atoms with Crippen molar-refractivity contribution in [2.45, 2.75) is 0 Å². The zero-order valence-corrected chi connectivity index (χ0v) is 15.8. The van der Waals surface area contributed by atoms with Gasteiger partial charge in [0, 0.05) is 27.2 Å². The van der Waals surface area contributed by atoms with Gasteiger partial charge in [-0.25, -0.2) is 9.37 Å². The lowest BCUT2D eigenvalue weighted by atomic mass is 10.2. The van der Waals surface area contributed by atoms with Crippen LogP contribution in [0.2, 0.25) is 5.02 Å². The van der Waals surface area contributed by atoms with Crippen LogP contribution in [0.3, 0.4) is 0 Å². The van der Waals surface area contributed by atoms with Crippen molar-refractivity contribution in [2.24, 2.45) is 5.73 Å². The summed E-state index contributed by atoms with van der Waals surface area (Å²) in [7, 11) is 0. The fourth-order valence-electron chi connectivity index (χ4n) is 2.49. The van der Waals surface area contributed by atoms with Crippen molar-refractivity contribution >= 4 is 61.3 Å². The van der Waals surface area contributed by atoms with Gasteiger partial charge >= 0.3 is 0 Å². The van der Waals surface area contributed by atoms with Crippen molar-refractivity contribution in [3.8, 4) is 11.3 Å². The molecule has 4 N–H and O–H groups in total. The number of nitrogens with two attached hydrogens (primary N) is 1. The highest BCUT2D eigenvalue weighted by molar-refractivity contribution is 7.21. The summed E-state index contributed by atoms with van der Waals surface area (Å²) >= 11 is 8.61. The summed E-state index contributed by atoms with van der Waals surface area (Å²) in [5, 5.41) is 5.71. The predicted octanol–water partition coefficient (Wildman–Crippen LogP) is 4.50. The molecule has 10 heteroatoms. The van der Waals surface area contributed by atoms with Crippen LogP contribution in [0.15, 0.2) is 35.8 Å². The van der Waals surface area contributed by atoms with E-state index in [1.54, 1.807) is 23.7 Å². The molecule has 0 bridgehead atoms. The quantitative estimate of drug-likeness (QED) is 0.453. The SMILES string of the molecule is NC(=O)c1cc(-c2csc(NC(=O)c3sc4cc(F)ccc4c3Cl)n2)c[nH]1. The number of H-pyrrole nitrogens is 1. The van der Waals surface area contributed by atoms with E-state index >= 15 is 0 Å². The van der Waals surface area contributed by atoms with E-state index < -0.39 is 17.6 Å². The molecule has 1 aromatic carbocycles. The van der Waals surface area contributed by atoms with Crippen LogP contribution in [-0.4, -0.2) is 21.8 Å². The van der Waals surface area contributed by atoms with Crippen LogP contribution in [0.25, 0.3) is 21.3 Å². The van der Waals surface area contributed by atoms with E-state index in [1.165, 1.54) is 23.5 Å². The smallest absolute Gasteiger partial charge is 0.269 e.